The molecular formula is C54H40N2. The molecule has 1 aliphatic carbocycles. The molecule has 1 aliphatic heterocycles. The first-order valence-corrected chi connectivity index (χ1v) is 19.4. The van der Waals surface area contributed by atoms with Gasteiger partial charge in [0.2, 0.25) is 0 Å². The van der Waals surface area contributed by atoms with Crippen LogP contribution in [-0.2, 0) is 0 Å². The van der Waals surface area contributed by atoms with Gasteiger partial charge in [0.05, 0.1) is 17.4 Å². The van der Waals surface area contributed by atoms with Crippen LogP contribution in [0.2, 0.25) is 0 Å². The molecule has 56 heavy (non-hydrogen) atoms. The third-order valence-corrected chi connectivity index (χ3v) is 11.2. The maximum Gasteiger partial charge on any atom is 0.0629 e. The molecule has 0 amide bonds. The second-order valence-electron chi connectivity index (χ2n) is 14.5. The van der Waals surface area contributed by atoms with Crippen molar-refractivity contribution in [2.75, 3.05) is 9.80 Å². The van der Waals surface area contributed by atoms with Gasteiger partial charge < -0.3 is 9.80 Å². The van der Waals surface area contributed by atoms with Crippen LogP contribution in [0.25, 0.3) is 44.5 Å². The van der Waals surface area contributed by atoms with E-state index in [0.717, 1.165) is 17.1 Å². The summed E-state index contributed by atoms with van der Waals surface area (Å²) >= 11 is 0. The van der Waals surface area contributed by atoms with Gasteiger partial charge >= 0.3 is 0 Å². The van der Waals surface area contributed by atoms with Crippen LogP contribution in [-0.4, -0.2) is 6.04 Å². The van der Waals surface area contributed by atoms with Crippen molar-refractivity contribution < 1.29 is 0 Å². The highest BCUT2D eigenvalue weighted by atomic mass is 15.2. The molecule has 2 atom stereocenters. The van der Waals surface area contributed by atoms with Crippen molar-refractivity contribution in [2.24, 2.45) is 0 Å². The van der Waals surface area contributed by atoms with Crippen molar-refractivity contribution in [3.63, 3.8) is 0 Å². The minimum Gasteiger partial charge on any atom is -0.333 e. The van der Waals surface area contributed by atoms with E-state index in [1.165, 1.54) is 61.4 Å². The summed E-state index contributed by atoms with van der Waals surface area (Å²) < 4.78 is 0. The lowest BCUT2D eigenvalue weighted by Gasteiger charge is -2.33. The average molecular weight is 717 g/mol. The van der Waals surface area contributed by atoms with Gasteiger partial charge in [-0.25, -0.2) is 0 Å². The summed E-state index contributed by atoms with van der Waals surface area (Å²) in [5.41, 5.74) is 16.7. The molecule has 2 heteroatoms. The van der Waals surface area contributed by atoms with Crippen molar-refractivity contribution in [1.29, 1.82) is 0 Å². The fourth-order valence-corrected chi connectivity index (χ4v) is 8.60. The van der Waals surface area contributed by atoms with E-state index in [1.807, 2.05) is 0 Å². The highest BCUT2D eigenvalue weighted by molar-refractivity contribution is 5.97. The number of para-hydroxylation sites is 4. The van der Waals surface area contributed by atoms with Gasteiger partial charge in [-0.2, -0.15) is 0 Å². The zero-order valence-electron chi connectivity index (χ0n) is 31.0. The molecule has 1 heterocycles. The van der Waals surface area contributed by atoms with Gasteiger partial charge in [0.25, 0.3) is 0 Å². The highest BCUT2D eigenvalue weighted by Gasteiger charge is 2.38. The Hall–Kier alpha value is -7.16. The Kier molecular flexibility index (Phi) is 8.70. The van der Waals surface area contributed by atoms with Gasteiger partial charge in [0, 0.05) is 39.7 Å². The first kappa shape index (κ1) is 33.4. The Morgan fingerprint density at radius 2 is 0.804 bits per heavy atom. The molecule has 2 aliphatic rings. The zero-order chi connectivity index (χ0) is 37.3. The van der Waals surface area contributed by atoms with Gasteiger partial charge in [0.1, 0.15) is 0 Å². The van der Waals surface area contributed by atoms with Crippen LogP contribution in [0.5, 0.6) is 0 Å². The van der Waals surface area contributed by atoms with Crippen LogP contribution in [0.15, 0.2) is 231 Å². The Bertz CT molecular complexity index is 2690. The molecule has 10 rings (SSSR count). The summed E-state index contributed by atoms with van der Waals surface area (Å²) in [5, 5.41) is 0. The molecule has 0 aromatic heterocycles. The number of hydrogen-bond acceptors (Lipinski definition) is 2. The number of hydrogen-bond donors (Lipinski definition) is 0. The number of allylic oxidation sites excluding steroid dienone is 2. The third kappa shape index (κ3) is 6.02. The van der Waals surface area contributed by atoms with Crippen molar-refractivity contribution in [3.05, 3.63) is 236 Å². The quantitative estimate of drug-likeness (QED) is 0.154. The molecule has 2 nitrogen and oxygen atoms in total. The van der Waals surface area contributed by atoms with Crippen molar-refractivity contribution in [1.82, 2.24) is 0 Å². The van der Waals surface area contributed by atoms with Gasteiger partial charge in [-0.05, 0) is 69.8 Å². The summed E-state index contributed by atoms with van der Waals surface area (Å²) in [7, 11) is 0. The van der Waals surface area contributed by atoms with E-state index in [2.05, 4.69) is 240 Å². The standard InChI is InChI=1S/C54H40N2/c1-3-17-39(18-4-1)40-31-33-41(34-32-40)42-35-37-44(38-36-42)55(50-26-12-7-21-45(50)43-19-5-2-6-20-43)51-27-13-8-22-46(51)47-23-9-14-28-52(47)56-53-29-15-10-24-48(53)49-25-11-16-30-54(49)56/h1-38,48,53H. The number of fused-ring (bicyclic) bond motifs is 3. The first-order chi connectivity index (χ1) is 27.8. The van der Waals surface area contributed by atoms with E-state index in [0.29, 0.717) is 5.92 Å². The van der Waals surface area contributed by atoms with E-state index in [4.69, 9.17) is 0 Å². The second-order valence-corrected chi connectivity index (χ2v) is 14.5. The first-order valence-electron chi connectivity index (χ1n) is 19.4. The topological polar surface area (TPSA) is 6.48 Å². The summed E-state index contributed by atoms with van der Waals surface area (Å²) in [6.07, 6.45) is 9.09. The zero-order valence-corrected chi connectivity index (χ0v) is 31.0. The predicted octanol–water partition coefficient (Wildman–Crippen LogP) is 14.6. The van der Waals surface area contributed by atoms with Gasteiger partial charge in [-0.3, -0.25) is 0 Å². The van der Waals surface area contributed by atoms with Gasteiger partial charge in [-0.1, -0.05) is 194 Å². The molecular weight excluding hydrogens is 677 g/mol. The van der Waals surface area contributed by atoms with Crippen molar-refractivity contribution >= 4 is 28.4 Å². The van der Waals surface area contributed by atoms with Gasteiger partial charge in [0.15, 0.2) is 0 Å². The molecule has 0 radical (unpaired) electrons. The number of rotatable bonds is 8. The Labute approximate surface area is 329 Å². The number of nitrogens with zero attached hydrogens (tertiary/aromatic N) is 2. The normalized spacial score (nSPS) is 15.3. The minimum absolute atomic E-state index is 0.204. The average Bonchev–Trinajstić information content (AvgIpc) is 3.62. The van der Waals surface area contributed by atoms with Crippen LogP contribution >= 0.6 is 0 Å². The summed E-state index contributed by atoms with van der Waals surface area (Å²) in [4.78, 5) is 4.99. The van der Waals surface area contributed by atoms with E-state index in [-0.39, 0.29) is 6.04 Å². The maximum absolute atomic E-state index is 2.55. The Morgan fingerprint density at radius 1 is 0.339 bits per heavy atom. The van der Waals surface area contributed by atoms with Crippen LogP contribution in [0.1, 0.15) is 11.5 Å². The lowest BCUT2D eigenvalue weighted by molar-refractivity contribution is 0.745. The Morgan fingerprint density at radius 3 is 1.48 bits per heavy atom. The molecule has 2 unspecified atom stereocenters. The molecule has 0 saturated heterocycles. The molecule has 0 fully saturated rings. The lowest BCUT2D eigenvalue weighted by atomic mass is 9.91. The molecule has 0 N–H and O–H groups in total. The van der Waals surface area contributed by atoms with Crippen molar-refractivity contribution in [3.8, 4) is 44.5 Å². The molecule has 0 spiro atoms. The molecule has 8 aromatic rings. The SMILES string of the molecule is C1=CC2c3ccccc3N(c3ccccc3-c3ccccc3N(c3ccc(-c4ccc(-c5ccccc5)cc4)cc3)c3ccccc3-c3ccccc3)C2C=C1. The van der Waals surface area contributed by atoms with E-state index >= 15 is 0 Å². The van der Waals surface area contributed by atoms with Gasteiger partial charge in [-0.15, -0.1) is 0 Å². The van der Waals surface area contributed by atoms with Crippen LogP contribution in [0, 0.1) is 0 Å². The van der Waals surface area contributed by atoms with Crippen LogP contribution in [0.4, 0.5) is 28.4 Å². The minimum atomic E-state index is 0.204. The third-order valence-electron chi connectivity index (χ3n) is 11.2. The monoisotopic (exact) mass is 716 g/mol. The smallest absolute Gasteiger partial charge is 0.0629 e. The molecule has 8 aromatic carbocycles. The second kappa shape index (κ2) is 14.6. The molecule has 266 valence electrons. The summed E-state index contributed by atoms with van der Waals surface area (Å²) in [6.45, 7) is 0. The van der Waals surface area contributed by atoms with Crippen LogP contribution in [0.3, 0.4) is 0 Å². The highest BCUT2D eigenvalue weighted by Crippen LogP contribution is 2.52. The maximum atomic E-state index is 2.55. The largest absolute Gasteiger partial charge is 0.333 e. The lowest BCUT2D eigenvalue weighted by Crippen LogP contribution is -2.29. The predicted molar refractivity (Wildman–Crippen MR) is 236 cm³/mol. The van der Waals surface area contributed by atoms with E-state index in [9.17, 15) is 0 Å². The fraction of sp³-hybridized carbons (Fsp3) is 0.0370. The van der Waals surface area contributed by atoms with E-state index < -0.39 is 0 Å². The fourth-order valence-electron chi connectivity index (χ4n) is 8.60. The summed E-state index contributed by atoms with van der Waals surface area (Å²) in [5.74, 6) is 0.307. The number of anilines is 5. The summed E-state index contributed by atoms with van der Waals surface area (Å²) in [6, 6.07) is 74.9. The Balaban J connectivity index is 1.12. The molecule has 0 bridgehead atoms. The van der Waals surface area contributed by atoms with Crippen molar-refractivity contribution in [2.45, 2.75) is 12.0 Å². The van der Waals surface area contributed by atoms with Crippen LogP contribution < -0.4 is 9.80 Å². The van der Waals surface area contributed by atoms with E-state index in [1.54, 1.807) is 0 Å². The molecule has 0 saturated carbocycles. The number of benzene rings is 8.